The lowest BCUT2D eigenvalue weighted by molar-refractivity contribution is -0.117. The van der Waals surface area contributed by atoms with E-state index in [2.05, 4.69) is 5.32 Å². The number of fused-ring (bicyclic) bond motifs is 1. The molecule has 1 heterocycles. The zero-order valence-electron chi connectivity index (χ0n) is 9.41. The highest BCUT2D eigenvalue weighted by Gasteiger charge is 2.16. The van der Waals surface area contributed by atoms with Crippen molar-refractivity contribution in [3.63, 3.8) is 0 Å². The third-order valence-electron chi connectivity index (χ3n) is 2.84. The molecule has 4 nitrogen and oxygen atoms in total. The summed E-state index contributed by atoms with van der Waals surface area (Å²) in [6.45, 7) is 1.53. The van der Waals surface area contributed by atoms with Crippen molar-refractivity contribution in [2.24, 2.45) is 0 Å². The maximum atomic E-state index is 11.2. The second-order valence-corrected chi connectivity index (χ2v) is 3.97. The lowest BCUT2D eigenvalue weighted by Crippen LogP contribution is -2.24. The van der Waals surface area contributed by atoms with Gasteiger partial charge in [-0.3, -0.25) is 9.59 Å². The third-order valence-corrected chi connectivity index (χ3v) is 2.84. The lowest BCUT2D eigenvalue weighted by Gasteiger charge is -2.21. The van der Waals surface area contributed by atoms with E-state index in [0.29, 0.717) is 6.42 Å². The van der Waals surface area contributed by atoms with Crippen LogP contribution in [0.4, 0.5) is 11.4 Å². The van der Waals surface area contributed by atoms with Crippen molar-refractivity contribution in [3.05, 3.63) is 23.8 Å². The highest BCUT2D eigenvalue weighted by Crippen LogP contribution is 2.27. The third kappa shape index (κ3) is 1.91. The Hall–Kier alpha value is -1.84. The largest absolute Gasteiger partial charge is 0.326 e. The van der Waals surface area contributed by atoms with E-state index in [-0.39, 0.29) is 11.8 Å². The molecule has 0 bridgehead atoms. The summed E-state index contributed by atoms with van der Waals surface area (Å²) >= 11 is 0. The van der Waals surface area contributed by atoms with Gasteiger partial charge in [0.15, 0.2) is 0 Å². The molecule has 0 spiro atoms. The highest BCUT2D eigenvalue weighted by molar-refractivity contribution is 5.95. The van der Waals surface area contributed by atoms with Crippen LogP contribution < -0.4 is 10.2 Å². The van der Waals surface area contributed by atoms with Gasteiger partial charge in [-0.05, 0) is 30.2 Å². The average Bonchev–Trinajstić information content (AvgIpc) is 2.27. The van der Waals surface area contributed by atoms with E-state index in [0.717, 1.165) is 23.4 Å². The molecule has 0 aromatic heterocycles. The summed E-state index contributed by atoms with van der Waals surface area (Å²) in [4.78, 5) is 24.0. The molecule has 1 aromatic carbocycles. The van der Waals surface area contributed by atoms with Crippen LogP contribution in [0.2, 0.25) is 0 Å². The molecule has 1 aliphatic rings. The number of nitrogens with one attached hydrogen (secondary N) is 1. The standard InChI is InChI=1S/C12H14N2O2/c1-8(15)14(2)10-4-5-11-9(7-10)3-6-12(16)13-11/h4-5,7H,3,6H2,1-2H3,(H,13,16). The predicted molar refractivity (Wildman–Crippen MR) is 62.5 cm³/mol. The van der Waals surface area contributed by atoms with Crippen molar-refractivity contribution in [2.45, 2.75) is 19.8 Å². The Morgan fingerprint density at radius 1 is 1.38 bits per heavy atom. The molecule has 2 amide bonds. The van der Waals surface area contributed by atoms with Gasteiger partial charge in [0.2, 0.25) is 11.8 Å². The van der Waals surface area contributed by atoms with Crippen LogP contribution in [-0.2, 0) is 16.0 Å². The van der Waals surface area contributed by atoms with Crippen molar-refractivity contribution in [2.75, 3.05) is 17.3 Å². The van der Waals surface area contributed by atoms with Crippen molar-refractivity contribution in [1.82, 2.24) is 0 Å². The molecule has 84 valence electrons. The van der Waals surface area contributed by atoms with Crippen molar-refractivity contribution in [1.29, 1.82) is 0 Å². The summed E-state index contributed by atoms with van der Waals surface area (Å²) in [5.41, 5.74) is 2.81. The number of benzene rings is 1. The maximum Gasteiger partial charge on any atom is 0.224 e. The number of carbonyl (C=O) groups excluding carboxylic acids is 2. The van der Waals surface area contributed by atoms with Crippen LogP contribution >= 0.6 is 0 Å². The first kappa shape index (κ1) is 10.7. The first-order valence-electron chi connectivity index (χ1n) is 5.25. The molecule has 1 N–H and O–H groups in total. The van der Waals surface area contributed by atoms with Crippen LogP contribution in [0.25, 0.3) is 0 Å². The number of hydrogen-bond donors (Lipinski definition) is 1. The second-order valence-electron chi connectivity index (χ2n) is 3.97. The molecule has 2 rings (SSSR count). The first-order valence-corrected chi connectivity index (χ1v) is 5.25. The minimum Gasteiger partial charge on any atom is -0.326 e. The van der Waals surface area contributed by atoms with E-state index in [9.17, 15) is 9.59 Å². The molecule has 0 saturated carbocycles. The van der Waals surface area contributed by atoms with E-state index in [4.69, 9.17) is 0 Å². The van der Waals surface area contributed by atoms with E-state index in [1.807, 2.05) is 18.2 Å². The summed E-state index contributed by atoms with van der Waals surface area (Å²) in [6, 6.07) is 5.64. The molecular formula is C12H14N2O2. The van der Waals surface area contributed by atoms with Crippen LogP contribution in [0.3, 0.4) is 0 Å². The number of nitrogens with zero attached hydrogens (tertiary/aromatic N) is 1. The number of rotatable bonds is 1. The smallest absolute Gasteiger partial charge is 0.224 e. The summed E-state index contributed by atoms with van der Waals surface area (Å²) in [7, 11) is 1.74. The zero-order chi connectivity index (χ0) is 11.7. The quantitative estimate of drug-likeness (QED) is 0.777. The van der Waals surface area contributed by atoms with Gasteiger partial charge >= 0.3 is 0 Å². The van der Waals surface area contributed by atoms with Crippen LogP contribution in [0.15, 0.2) is 18.2 Å². The second kappa shape index (κ2) is 3.96. The Labute approximate surface area is 94.2 Å². The topological polar surface area (TPSA) is 49.4 Å². The Morgan fingerprint density at radius 3 is 2.81 bits per heavy atom. The monoisotopic (exact) mass is 218 g/mol. The van der Waals surface area contributed by atoms with Gasteiger partial charge in [-0.1, -0.05) is 0 Å². The predicted octanol–water partition coefficient (Wildman–Crippen LogP) is 1.55. The SMILES string of the molecule is CC(=O)N(C)c1ccc2c(c1)CCC(=O)N2. The Kier molecular flexibility index (Phi) is 2.64. The molecule has 4 heteroatoms. The maximum absolute atomic E-state index is 11.2. The number of carbonyl (C=O) groups is 2. The number of amides is 2. The van der Waals surface area contributed by atoms with Crippen LogP contribution in [-0.4, -0.2) is 18.9 Å². The molecule has 16 heavy (non-hydrogen) atoms. The van der Waals surface area contributed by atoms with E-state index >= 15 is 0 Å². The molecular weight excluding hydrogens is 204 g/mol. The summed E-state index contributed by atoms with van der Waals surface area (Å²) in [6.07, 6.45) is 1.25. The van der Waals surface area contributed by atoms with E-state index in [1.165, 1.54) is 6.92 Å². The summed E-state index contributed by atoms with van der Waals surface area (Å²) < 4.78 is 0. The van der Waals surface area contributed by atoms with Crippen molar-refractivity contribution < 1.29 is 9.59 Å². The minimum absolute atomic E-state index is 0.000190. The average molecular weight is 218 g/mol. The van der Waals surface area contributed by atoms with Gasteiger partial charge in [-0.2, -0.15) is 0 Å². The normalized spacial score (nSPS) is 14.0. The van der Waals surface area contributed by atoms with Crippen LogP contribution in [0, 0.1) is 0 Å². The zero-order valence-corrected chi connectivity index (χ0v) is 9.41. The van der Waals surface area contributed by atoms with Gasteiger partial charge in [-0.15, -0.1) is 0 Å². The Balaban J connectivity index is 2.33. The fourth-order valence-electron chi connectivity index (χ4n) is 1.76. The van der Waals surface area contributed by atoms with Gasteiger partial charge in [0.05, 0.1) is 0 Å². The molecule has 0 saturated heterocycles. The van der Waals surface area contributed by atoms with Crippen LogP contribution in [0.5, 0.6) is 0 Å². The van der Waals surface area contributed by atoms with Gasteiger partial charge in [0.25, 0.3) is 0 Å². The summed E-state index contributed by atoms with van der Waals surface area (Å²) in [5, 5.41) is 2.81. The molecule has 0 atom stereocenters. The molecule has 1 aliphatic heterocycles. The lowest BCUT2D eigenvalue weighted by atomic mass is 10.0. The number of aryl methyl sites for hydroxylation is 1. The minimum atomic E-state index is -0.000190. The first-order chi connectivity index (χ1) is 7.58. The van der Waals surface area contributed by atoms with Gasteiger partial charge in [0.1, 0.15) is 0 Å². The summed E-state index contributed by atoms with van der Waals surface area (Å²) in [5.74, 6) is 0.0555. The van der Waals surface area contributed by atoms with Crippen molar-refractivity contribution >= 4 is 23.2 Å². The van der Waals surface area contributed by atoms with E-state index in [1.54, 1.807) is 11.9 Å². The van der Waals surface area contributed by atoms with Gasteiger partial charge in [-0.25, -0.2) is 0 Å². The Bertz CT molecular complexity index is 454. The fourth-order valence-corrected chi connectivity index (χ4v) is 1.76. The molecule has 0 aliphatic carbocycles. The number of hydrogen-bond acceptors (Lipinski definition) is 2. The molecule has 0 fully saturated rings. The van der Waals surface area contributed by atoms with Crippen LogP contribution in [0.1, 0.15) is 18.9 Å². The number of anilines is 2. The molecule has 0 radical (unpaired) electrons. The van der Waals surface area contributed by atoms with Crippen molar-refractivity contribution in [3.8, 4) is 0 Å². The Morgan fingerprint density at radius 2 is 2.12 bits per heavy atom. The van der Waals surface area contributed by atoms with Gasteiger partial charge in [0, 0.05) is 31.8 Å². The highest BCUT2D eigenvalue weighted by atomic mass is 16.2. The molecule has 0 unspecified atom stereocenters. The molecule has 1 aromatic rings. The van der Waals surface area contributed by atoms with E-state index < -0.39 is 0 Å². The van der Waals surface area contributed by atoms with Gasteiger partial charge < -0.3 is 10.2 Å². The fraction of sp³-hybridized carbons (Fsp3) is 0.333.